The van der Waals surface area contributed by atoms with E-state index in [9.17, 15) is 4.79 Å². The Labute approximate surface area is 157 Å². The van der Waals surface area contributed by atoms with Gasteiger partial charge in [-0.15, -0.1) is 0 Å². The molecule has 0 saturated carbocycles. The van der Waals surface area contributed by atoms with E-state index in [1.807, 2.05) is 0 Å². The molecular formula is C18H22ClN5O2. The smallest absolute Gasteiger partial charge is 0.266 e. The maximum Gasteiger partial charge on any atom is 0.266 e. The molecule has 0 bridgehead atoms. The Hall–Kier alpha value is -2.38. The molecule has 1 amide bonds. The second-order valence-electron chi connectivity index (χ2n) is 6.26. The van der Waals surface area contributed by atoms with Gasteiger partial charge in [-0.05, 0) is 32.2 Å². The summed E-state index contributed by atoms with van der Waals surface area (Å²) < 4.78 is 5.63. The summed E-state index contributed by atoms with van der Waals surface area (Å²) >= 11 is 5.93. The fourth-order valence-electron chi connectivity index (χ4n) is 2.65. The van der Waals surface area contributed by atoms with E-state index < -0.39 is 6.10 Å². The molecule has 1 atom stereocenters. The van der Waals surface area contributed by atoms with Crippen LogP contribution in [0.4, 0.5) is 11.6 Å². The number of nitrogens with zero attached hydrogens (tertiary/aromatic N) is 4. The third-order valence-corrected chi connectivity index (χ3v) is 4.44. The van der Waals surface area contributed by atoms with E-state index in [1.165, 1.54) is 6.33 Å². The highest BCUT2D eigenvalue weighted by atomic mass is 35.5. The third kappa shape index (κ3) is 4.83. The number of piperazine rings is 1. The minimum Gasteiger partial charge on any atom is -0.481 e. The number of ether oxygens (including phenoxy) is 1. The Kier molecular flexibility index (Phi) is 5.90. The van der Waals surface area contributed by atoms with Gasteiger partial charge in [-0.1, -0.05) is 17.7 Å². The number of hydrogen-bond donors (Lipinski definition) is 1. The summed E-state index contributed by atoms with van der Waals surface area (Å²) in [6.07, 6.45) is 0.779. The van der Waals surface area contributed by atoms with Crippen molar-refractivity contribution in [1.82, 2.24) is 14.9 Å². The average molecular weight is 376 g/mol. The van der Waals surface area contributed by atoms with E-state index in [-0.39, 0.29) is 5.91 Å². The van der Waals surface area contributed by atoms with Crippen molar-refractivity contribution in [2.24, 2.45) is 0 Å². The summed E-state index contributed by atoms with van der Waals surface area (Å²) in [4.78, 5) is 25.3. The highest BCUT2D eigenvalue weighted by Crippen LogP contribution is 2.19. The summed E-state index contributed by atoms with van der Waals surface area (Å²) in [5.74, 6) is 1.53. The van der Waals surface area contributed by atoms with Crippen LogP contribution in [0.3, 0.4) is 0 Å². The van der Waals surface area contributed by atoms with E-state index in [1.54, 1.807) is 37.3 Å². The van der Waals surface area contributed by atoms with Crippen LogP contribution in [0.25, 0.3) is 0 Å². The lowest BCUT2D eigenvalue weighted by Crippen LogP contribution is -2.44. The van der Waals surface area contributed by atoms with Crippen molar-refractivity contribution in [3.8, 4) is 5.75 Å². The molecule has 1 aliphatic rings. The molecule has 2 aromatic rings. The Morgan fingerprint density at radius 1 is 1.23 bits per heavy atom. The molecule has 1 aliphatic heterocycles. The topological polar surface area (TPSA) is 70.6 Å². The second-order valence-corrected chi connectivity index (χ2v) is 6.69. The zero-order chi connectivity index (χ0) is 18.5. The largest absolute Gasteiger partial charge is 0.481 e. The molecular weight excluding hydrogens is 354 g/mol. The van der Waals surface area contributed by atoms with Crippen LogP contribution in [-0.4, -0.2) is 60.1 Å². The number of carbonyl (C=O) groups is 1. The van der Waals surface area contributed by atoms with Crippen molar-refractivity contribution >= 4 is 29.1 Å². The first-order valence-corrected chi connectivity index (χ1v) is 8.87. The number of rotatable bonds is 5. The molecule has 1 aromatic carbocycles. The lowest BCUT2D eigenvalue weighted by atomic mass is 10.3. The minimum absolute atomic E-state index is 0.284. The summed E-state index contributed by atoms with van der Waals surface area (Å²) in [6.45, 7) is 5.44. The molecule has 0 spiro atoms. The fourth-order valence-corrected chi connectivity index (χ4v) is 2.83. The summed E-state index contributed by atoms with van der Waals surface area (Å²) in [5, 5.41) is 3.34. The number of halogens is 1. The molecule has 0 unspecified atom stereocenters. The molecule has 2 heterocycles. The maximum absolute atomic E-state index is 12.4. The van der Waals surface area contributed by atoms with Gasteiger partial charge >= 0.3 is 0 Å². The van der Waals surface area contributed by atoms with E-state index in [0.29, 0.717) is 16.6 Å². The summed E-state index contributed by atoms with van der Waals surface area (Å²) in [7, 11) is 2.10. The van der Waals surface area contributed by atoms with E-state index in [2.05, 4.69) is 32.1 Å². The van der Waals surface area contributed by atoms with Crippen molar-refractivity contribution in [3.63, 3.8) is 0 Å². The Morgan fingerprint density at radius 2 is 2.00 bits per heavy atom. The molecule has 1 saturated heterocycles. The molecule has 0 radical (unpaired) electrons. The van der Waals surface area contributed by atoms with Crippen LogP contribution >= 0.6 is 11.6 Å². The molecule has 0 aliphatic carbocycles. The standard InChI is InChI=1S/C18H22ClN5O2/c1-13(26-15-5-3-4-14(19)10-15)18(25)22-16-11-17(21-12-20-16)24-8-6-23(2)7-9-24/h3-5,10-13H,6-9H2,1-2H3,(H,20,21,22,25)/t13-/m1/s1. The van der Waals surface area contributed by atoms with Gasteiger partial charge < -0.3 is 19.9 Å². The highest BCUT2D eigenvalue weighted by molar-refractivity contribution is 6.30. The van der Waals surface area contributed by atoms with Crippen LogP contribution in [0.5, 0.6) is 5.75 Å². The van der Waals surface area contributed by atoms with Crippen LogP contribution in [-0.2, 0) is 4.79 Å². The van der Waals surface area contributed by atoms with E-state index in [4.69, 9.17) is 16.3 Å². The van der Waals surface area contributed by atoms with Gasteiger partial charge in [-0.2, -0.15) is 0 Å². The molecule has 1 N–H and O–H groups in total. The van der Waals surface area contributed by atoms with Gasteiger partial charge in [0, 0.05) is 37.3 Å². The van der Waals surface area contributed by atoms with Crippen molar-refractivity contribution in [2.75, 3.05) is 43.4 Å². The molecule has 7 nitrogen and oxygen atoms in total. The van der Waals surface area contributed by atoms with Crippen molar-refractivity contribution in [2.45, 2.75) is 13.0 Å². The van der Waals surface area contributed by atoms with Crippen LogP contribution < -0.4 is 15.0 Å². The van der Waals surface area contributed by atoms with Crippen LogP contribution in [0.1, 0.15) is 6.92 Å². The van der Waals surface area contributed by atoms with Crippen molar-refractivity contribution < 1.29 is 9.53 Å². The van der Waals surface area contributed by atoms with E-state index in [0.717, 1.165) is 32.0 Å². The number of carbonyl (C=O) groups excluding carboxylic acids is 1. The van der Waals surface area contributed by atoms with Gasteiger partial charge in [0.25, 0.3) is 5.91 Å². The molecule has 1 aromatic heterocycles. The van der Waals surface area contributed by atoms with Gasteiger partial charge in [-0.3, -0.25) is 4.79 Å². The first-order valence-electron chi connectivity index (χ1n) is 8.50. The van der Waals surface area contributed by atoms with Crippen LogP contribution in [0.15, 0.2) is 36.7 Å². The quantitative estimate of drug-likeness (QED) is 0.864. The number of anilines is 2. The van der Waals surface area contributed by atoms with E-state index >= 15 is 0 Å². The molecule has 26 heavy (non-hydrogen) atoms. The van der Waals surface area contributed by atoms with Gasteiger partial charge in [0.15, 0.2) is 6.10 Å². The predicted molar refractivity (Wildman–Crippen MR) is 102 cm³/mol. The highest BCUT2D eigenvalue weighted by Gasteiger charge is 2.18. The van der Waals surface area contributed by atoms with Crippen LogP contribution in [0.2, 0.25) is 5.02 Å². The normalized spacial score (nSPS) is 16.2. The predicted octanol–water partition coefficient (Wildman–Crippen LogP) is 2.29. The van der Waals surface area contributed by atoms with Gasteiger partial charge in [0.1, 0.15) is 23.7 Å². The number of nitrogens with one attached hydrogen (secondary N) is 1. The van der Waals surface area contributed by atoms with Crippen molar-refractivity contribution in [3.05, 3.63) is 41.7 Å². The monoisotopic (exact) mass is 375 g/mol. The lowest BCUT2D eigenvalue weighted by molar-refractivity contribution is -0.122. The Morgan fingerprint density at radius 3 is 2.73 bits per heavy atom. The second kappa shape index (κ2) is 8.33. The number of benzene rings is 1. The third-order valence-electron chi connectivity index (χ3n) is 4.21. The number of aromatic nitrogens is 2. The molecule has 3 rings (SSSR count). The minimum atomic E-state index is -0.685. The van der Waals surface area contributed by atoms with Crippen molar-refractivity contribution in [1.29, 1.82) is 0 Å². The van der Waals surface area contributed by atoms with Gasteiger partial charge in [-0.25, -0.2) is 9.97 Å². The zero-order valence-electron chi connectivity index (χ0n) is 14.9. The molecule has 138 valence electrons. The van der Waals surface area contributed by atoms with Gasteiger partial charge in [0.05, 0.1) is 0 Å². The first-order chi connectivity index (χ1) is 12.5. The Bertz CT molecular complexity index is 765. The molecule has 1 fully saturated rings. The fraction of sp³-hybridized carbons (Fsp3) is 0.389. The number of likely N-dealkylation sites (N-methyl/N-ethyl adjacent to an activating group) is 1. The number of amides is 1. The SMILES string of the molecule is C[C@@H](Oc1cccc(Cl)c1)C(=O)Nc1cc(N2CCN(C)CC2)ncn1. The Balaban J connectivity index is 1.61. The average Bonchev–Trinajstić information content (AvgIpc) is 2.62. The maximum atomic E-state index is 12.4. The van der Waals surface area contributed by atoms with Gasteiger partial charge in [0.2, 0.25) is 0 Å². The first kappa shape index (κ1) is 18.4. The zero-order valence-corrected chi connectivity index (χ0v) is 15.6. The summed E-state index contributed by atoms with van der Waals surface area (Å²) in [6, 6.07) is 8.73. The van der Waals surface area contributed by atoms with Crippen LogP contribution in [0, 0.1) is 0 Å². The summed E-state index contributed by atoms with van der Waals surface area (Å²) in [5.41, 5.74) is 0. The lowest BCUT2D eigenvalue weighted by Gasteiger charge is -2.33. The molecule has 8 heteroatoms. The number of hydrogen-bond acceptors (Lipinski definition) is 6.